The van der Waals surface area contributed by atoms with Crippen LogP contribution in [0, 0.1) is 6.92 Å². The van der Waals surface area contributed by atoms with Crippen molar-refractivity contribution in [1.82, 2.24) is 4.90 Å². The van der Waals surface area contributed by atoms with E-state index in [0.717, 1.165) is 18.4 Å². The van der Waals surface area contributed by atoms with Crippen molar-refractivity contribution in [2.24, 2.45) is 0 Å². The fraction of sp³-hybridized carbons (Fsp3) is 0.333. The quantitative estimate of drug-likeness (QED) is 0.773. The van der Waals surface area contributed by atoms with Gasteiger partial charge in [0.15, 0.2) is 0 Å². The zero-order chi connectivity index (χ0) is 18.9. The Morgan fingerprint density at radius 2 is 1.77 bits per heavy atom. The van der Waals surface area contributed by atoms with Crippen molar-refractivity contribution < 1.29 is 9.59 Å². The number of urea groups is 1. The topological polar surface area (TPSA) is 61.4 Å². The summed E-state index contributed by atoms with van der Waals surface area (Å²) in [7, 11) is 1.79. The molecule has 2 aromatic carbocycles. The summed E-state index contributed by atoms with van der Waals surface area (Å²) in [5, 5.41) is 5.74. The third kappa shape index (κ3) is 5.92. The molecule has 3 amide bonds. The summed E-state index contributed by atoms with van der Waals surface area (Å²) in [5.41, 5.74) is 3.62. The smallest absolute Gasteiger partial charge is 0.321 e. The van der Waals surface area contributed by atoms with E-state index >= 15 is 0 Å². The molecule has 0 aliphatic rings. The maximum atomic E-state index is 12.4. The summed E-state index contributed by atoms with van der Waals surface area (Å²) in [6.45, 7) is 4.40. The summed E-state index contributed by atoms with van der Waals surface area (Å²) < 4.78 is 0. The van der Waals surface area contributed by atoms with Gasteiger partial charge in [0.25, 0.3) is 0 Å². The number of anilines is 2. The lowest BCUT2D eigenvalue weighted by Crippen LogP contribution is -2.32. The summed E-state index contributed by atoms with van der Waals surface area (Å²) in [6.07, 6.45) is 2.26. The SMILES string of the molecule is CCC(=O)Nc1ccc(C)c(NC(=O)N(C)CCCc2ccccc2)c1. The van der Waals surface area contributed by atoms with E-state index in [1.807, 2.05) is 37.3 Å². The van der Waals surface area contributed by atoms with E-state index in [1.165, 1.54) is 5.56 Å². The Morgan fingerprint density at radius 3 is 2.46 bits per heavy atom. The van der Waals surface area contributed by atoms with Crippen molar-refractivity contribution in [3.05, 3.63) is 59.7 Å². The molecule has 0 spiro atoms. The molecule has 5 nitrogen and oxygen atoms in total. The molecule has 138 valence electrons. The van der Waals surface area contributed by atoms with Crippen LogP contribution in [0.3, 0.4) is 0 Å². The normalized spacial score (nSPS) is 10.3. The minimum absolute atomic E-state index is 0.0517. The lowest BCUT2D eigenvalue weighted by Gasteiger charge is -2.19. The highest BCUT2D eigenvalue weighted by molar-refractivity contribution is 5.94. The first-order valence-electron chi connectivity index (χ1n) is 8.96. The van der Waals surface area contributed by atoms with Crippen molar-refractivity contribution >= 4 is 23.3 Å². The number of hydrogen-bond acceptors (Lipinski definition) is 2. The van der Waals surface area contributed by atoms with Crippen LogP contribution in [0.2, 0.25) is 0 Å². The average molecular weight is 353 g/mol. The van der Waals surface area contributed by atoms with E-state index in [-0.39, 0.29) is 11.9 Å². The van der Waals surface area contributed by atoms with Gasteiger partial charge in [-0.2, -0.15) is 0 Å². The fourth-order valence-electron chi connectivity index (χ4n) is 2.56. The third-order valence-electron chi connectivity index (χ3n) is 4.23. The first-order valence-corrected chi connectivity index (χ1v) is 8.96. The first-order chi connectivity index (χ1) is 12.5. The van der Waals surface area contributed by atoms with Crippen molar-refractivity contribution in [2.75, 3.05) is 24.2 Å². The monoisotopic (exact) mass is 353 g/mol. The van der Waals surface area contributed by atoms with Crippen LogP contribution in [0.25, 0.3) is 0 Å². The maximum absolute atomic E-state index is 12.4. The predicted molar refractivity (Wildman–Crippen MR) is 107 cm³/mol. The van der Waals surface area contributed by atoms with Gasteiger partial charge in [0.2, 0.25) is 5.91 Å². The molecule has 0 fully saturated rings. The Balaban J connectivity index is 1.89. The number of nitrogens with zero attached hydrogens (tertiary/aromatic N) is 1. The lowest BCUT2D eigenvalue weighted by molar-refractivity contribution is -0.115. The number of carbonyl (C=O) groups excluding carboxylic acids is 2. The molecule has 2 rings (SSSR count). The lowest BCUT2D eigenvalue weighted by atomic mass is 10.1. The number of rotatable bonds is 7. The Labute approximate surface area is 155 Å². The second-order valence-electron chi connectivity index (χ2n) is 6.37. The molecular weight excluding hydrogens is 326 g/mol. The number of nitrogens with one attached hydrogen (secondary N) is 2. The number of carbonyl (C=O) groups is 2. The number of amides is 3. The minimum Gasteiger partial charge on any atom is -0.328 e. The third-order valence-corrected chi connectivity index (χ3v) is 4.23. The Morgan fingerprint density at radius 1 is 1.04 bits per heavy atom. The summed E-state index contributed by atoms with van der Waals surface area (Å²) >= 11 is 0. The molecule has 0 saturated heterocycles. The predicted octanol–water partition coefficient (Wildman–Crippen LogP) is 4.44. The molecule has 0 radical (unpaired) electrons. The van der Waals surface area contributed by atoms with E-state index in [9.17, 15) is 9.59 Å². The van der Waals surface area contributed by atoms with Crippen molar-refractivity contribution in [2.45, 2.75) is 33.1 Å². The average Bonchev–Trinajstić information content (AvgIpc) is 2.65. The van der Waals surface area contributed by atoms with E-state index in [0.29, 0.717) is 24.3 Å². The molecule has 2 aromatic rings. The highest BCUT2D eigenvalue weighted by Crippen LogP contribution is 2.21. The van der Waals surface area contributed by atoms with Gasteiger partial charge in [-0.25, -0.2) is 4.79 Å². The van der Waals surface area contributed by atoms with Gasteiger partial charge in [-0.05, 0) is 43.0 Å². The molecule has 2 N–H and O–H groups in total. The first kappa shape index (κ1) is 19.5. The van der Waals surface area contributed by atoms with Crippen LogP contribution < -0.4 is 10.6 Å². The van der Waals surface area contributed by atoms with Gasteiger partial charge in [0, 0.05) is 31.4 Å². The van der Waals surface area contributed by atoms with E-state index in [1.54, 1.807) is 24.9 Å². The summed E-state index contributed by atoms with van der Waals surface area (Å²) in [6, 6.07) is 15.6. The molecule has 0 aromatic heterocycles. The maximum Gasteiger partial charge on any atom is 0.321 e. The van der Waals surface area contributed by atoms with Crippen LogP contribution in [0.15, 0.2) is 48.5 Å². The van der Waals surface area contributed by atoms with Crippen LogP contribution in [-0.2, 0) is 11.2 Å². The Bertz CT molecular complexity index is 744. The van der Waals surface area contributed by atoms with Gasteiger partial charge in [0.1, 0.15) is 0 Å². The minimum atomic E-state index is -0.153. The summed E-state index contributed by atoms with van der Waals surface area (Å²) in [5.74, 6) is -0.0517. The zero-order valence-corrected chi connectivity index (χ0v) is 15.7. The van der Waals surface area contributed by atoms with E-state index in [2.05, 4.69) is 22.8 Å². The molecule has 0 bridgehead atoms. The number of benzene rings is 2. The fourth-order valence-corrected chi connectivity index (χ4v) is 2.56. The Kier molecular flexibility index (Phi) is 7.21. The highest BCUT2D eigenvalue weighted by atomic mass is 16.2. The zero-order valence-electron chi connectivity index (χ0n) is 15.7. The molecule has 0 aliphatic heterocycles. The number of aryl methyl sites for hydroxylation is 2. The van der Waals surface area contributed by atoms with Crippen LogP contribution >= 0.6 is 0 Å². The van der Waals surface area contributed by atoms with Crippen LogP contribution in [0.4, 0.5) is 16.2 Å². The van der Waals surface area contributed by atoms with E-state index < -0.39 is 0 Å². The van der Waals surface area contributed by atoms with E-state index in [4.69, 9.17) is 0 Å². The van der Waals surface area contributed by atoms with Crippen LogP contribution in [0.1, 0.15) is 30.9 Å². The molecule has 0 saturated carbocycles. The van der Waals surface area contributed by atoms with Gasteiger partial charge in [-0.1, -0.05) is 43.3 Å². The molecule has 0 aliphatic carbocycles. The van der Waals surface area contributed by atoms with Crippen molar-refractivity contribution in [1.29, 1.82) is 0 Å². The molecule has 5 heteroatoms. The second kappa shape index (κ2) is 9.61. The molecule has 0 unspecified atom stereocenters. The largest absolute Gasteiger partial charge is 0.328 e. The Hall–Kier alpha value is -2.82. The van der Waals surface area contributed by atoms with Crippen LogP contribution in [0.5, 0.6) is 0 Å². The van der Waals surface area contributed by atoms with Crippen molar-refractivity contribution in [3.63, 3.8) is 0 Å². The number of hydrogen-bond donors (Lipinski definition) is 2. The van der Waals surface area contributed by atoms with Gasteiger partial charge >= 0.3 is 6.03 Å². The standard InChI is InChI=1S/C21H27N3O2/c1-4-20(25)22-18-13-12-16(2)19(15-18)23-21(26)24(3)14-8-11-17-9-6-5-7-10-17/h5-7,9-10,12-13,15H,4,8,11,14H2,1-3H3,(H,22,25)(H,23,26). The molecular formula is C21H27N3O2. The van der Waals surface area contributed by atoms with Gasteiger partial charge in [-0.15, -0.1) is 0 Å². The molecule has 0 atom stereocenters. The van der Waals surface area contributed by atoms with Gasteiger partial charge in [0.05, 0.1) is 0 Å². The van der Waals surface area contributed by atoms with Crippen molar-refractivity contribution in [3.8, 4) is 0 Å². The molecule has 26 heavy (non-hydrogen) atoms. The van der Waals surface area contributed by atoms with Gasteiger partial charge < -0.3 is 15.5 Å². The summed E-state index contributed by atoms with van der Waals surface area (Å²) in [4.78, 5) is 25.6. The molecule has 0 heterocycles. The highest BCUT2D eigenvalue weighted by Gasteiger charge is 2.11. The van der Waals surface area contributed by atoms with Crippen LogP contribution in [-0.4, -0.2) is 30.4 Å². The second-order valence-corrected chi connectivity index (χ2v) is 6.37. The van der Waals surface area contributed by atoms with Gasteiger partial charge in [-0.3, -0.25) is 4.79 Å².